The average molecular weight is 255 g/mol. The number of aryl methyl sites for hydroxylation is 1. The molecule has 1 aromatic carbocycles. The molecule has 3 nitrogen and oxygen atoms in total. The first-order valence-electron chi connectivity index (χ1n) is 5.80. The number of amides is 1. The number of piperazine rings is 1. The van der Waals surface area contributed by atoms with E-state index in [2.05, 4.69) is 24.4 Å². The van der Waals surface area contributed by atoms with E-state index in [1.54, 1.807) is 0 Å². The number of carbonyl (C=O) groups is 1. The first-order valence-corrected chi connectivity index (χ1v) is 5.80. The van der Waals surface area contributed by atoms with E-state index in [1.165, 1.54) is 5.56 Å². The summed E-state index contributed by atoms with van der Waals surface area (Å²) in [6, 6.07) is 8.19. The van der Waals surface area contributed by atoms with Gasteiger partial charge in [-0.3, -0.25) is 4.79 Å². The smallest absolute Gasteiger partial charge is 0.227 e. The maximum Gasteiger partial charge on any atom is 0.227 e. The summed E-state index contributed by atoms with van der Waals surface area (Å²) in [7, 11) is 0. The Morgan fingerprint density at radius 3 is 2.41 bits per heavy atom. The van der Waals surface area contributed by atoms with Gasteiger partial charge >= 0.3 is 0 Å². The number of benzene rings is 1. The van der Waals surface area contributed by atoms with Crippen molar-refractivity contribution in [3.8, 4) is 0 Å². The van der Waals surface area contributed by atoms with Gasteiger partial charge in [-0.05, 0) is 12.5 Å². The highest BCUT2D eigenvalue weighted by Crippen LogP contribution is 2.06. The van der Waals surface area contributed by atoms with E-state index in [1.807, 2.05) is 17.0 Å². The van der Waals surface area contributed by atoms with Crippen LogP contribution in [0.15, 0.2) is 24.3 Å². The summed E-state index contributed by atoms with van der Waals surface area (Å²) in [5.41, 5.74) is 2.34. The predicted octanol–water partition coefficient (Wildman–Crippen LogP) is 1.39. The van der Waals surface area contributed by atoms with E-state index in [4.69, 9.17) is 0 Å². The Balaban J connectivity index is 0.00000144. The standard InChI is InChI=1S/C13H18N2O.ClH/c1-11-2-4-12(5-3-11)10-13(16)15-8-6-14-7-9-15;/h2-5,14H,6-10H2,1H3;1H. The first kappa shape index (κ1) is 14.0. The molecular weight excluding hydrogens is 236 g/mol. The lowest BCUT2D eigenvalue weighted by Gasteiger charge is -2.27. The third-order valence-electron chi connectivity index (χ3n) is 2.95. The molecule has 17 heavy (non-hydrogen) atoms. The van der Waals surface area contributed by atoms with Crippen LogP contribution in [0.4, 0.5) is 0 Å². The summed E-state index contributed by atoms with van der Waals surface area (Å²) in [4.78, 5) is 13.9. The monoisotopic (exact) mass is 254 g/mol. The Kier molecular flexibility index (Phi) is 5.45. The molecule has 0 aromatic heterocycles. The molecule has 1 saturated heterocycles. The Morgan fingerprint density at radius 1 is 1.24 bits per heavy atom. The van der Waals surface area contributed by atoms with Crippen LogP contribution in [0.5, 0.6) is 0 Å². The fourth-order valence-electron chi connectivity index (χ4n) is 1.91. The highest BCUT2D eigenvalue weighted by atomic mass is 35.5. The molecule has 1 amide bonds. The molecule has 1 heterocycles. The lowest BCUT2D eigenvalue weighted by molar-refractivity contribution is -0.131. The fourth-order valence-corrected chi connectivity index (χ4v) is 1.91. The van der Waals surface area contributed by atoms with E-state index < -0.39 is 0 Å². The minimum Gasteiger partial charge on any atom is -0.340 e. The highest BCUT2D eigenvalue weighted by Gasteiger charge is 2.15. The number of nitrogens with one attached hydrogen (secondary N) is 1. The summed E-state index contributed by atoms with van der Waals surface area (Å²) in [5.74, 6) is 0.241. The van der Waals surface area contributed by atoms with E-state index in [9.17, 15) is 4.79 Å². The minimum absolute atomic E-state index is 0. The third-order valence-corrected chi connectivity index (χ3v) is 2.95. The summed E-state index contributed by atoms with van der Waals surface area (Å²) >= 11 is 0. The molecule has 0 bridgehead atoms. The summed E-state index contributed by atoms with van der Waals surface area (Å²) in [5, 5.41) is 3.25. The lowest BCUT2D eigenvalue weighted by atomic mass is 10.1. The Morgan fingerprint density at radius 2 is 1.82 bits per heavy atom. The second-order valence-corrected chi connectivity index (χ2v) is 4.29. The second-order valence-electron chi connectivity index (χ2n) is 4.29. The molecule has 1 fully saturated rings. The molecule has 0 saturated carbocycles. The zero-order valence-corrected chi connectivity index (χ0v) is 10.9. The van der Waals surface area contributed by atoms with E-state index >= 15 is 0 Å². The van der Waals surface area contributed by atoms with Crippen LogP contribution in [-0.2, 0) is 11.2 Å². The molecule has 1 N–H and O–H groups in total. The van der Waals surface area contributed by atoms with Crippen molar-refractivity contribution >= 4 is 18.3 Å². The van der Waals surface area contributed by atoms with Crippen molar-refractivity contribution < 1.29 is 4.79 Å². The number of hydrogen-bond donors (Lipinski definition) is 1. The third kappa shape index (κ3) is 4.02. The SMILES string of the molecule is Cc1ccc(CC(=O)N2CCNCC2)cc1.Cl. The molecule has 1 aliphatic rings. The molecule has 1 aliphatic heterocycles. The second kappa shape index (κ2) is 6.62. The minimum atomic E-state index is 0. The van der Waals surface area contributed by atoms with Crippen molar-refractivity contribution in [3.63, 3.8) is 0 Å². The maximum atomic E-state index is 12.0. The van der Waals surface area contributed by atoms with E-state index in [0.717, 1.165) is 31.7 Å². The molecule has 0 atom stereocenters. The molecule has 0 aliphatic carbocycles. The van der Waals surface area contributed by atoms with Gasteiger partial charge in [0.25, 0.3) is 0 Å². The average Bonchev–Trinajstić information content (AvgIpc) is 2.33. The van der Waals surface area contributed by atoms with Gasteiger partial charge in [0.05, 0.1) is 6.42 Å². The number of rotatable bonds is 2. The molecule has 2 rings (SSSR count). The normalized spacial score (nSPS) is 15.2. The van der Waals surface area contributed by atoms with E-state index in [0.29, 0.717) is 6.42 Å². The number of carbonyl (C=O) groups excluding carboxylic acids is 1. The molecular formula is C13H19ClN2O. The molecule has 94 valence electrons. The summed E-state index contributed by atoms with van der Waals surface area (Å²) in [6.45, 7) is 5.57. The van der Waals surface area contributed by atoms with Crippen molar-refractivity contribution in [1.82, 2.24) is 10.2 Å². The summed E-state index contributed by atoms with van der Waals surface area (Å²) < 4.78 is 0. The molecule has 0 spiro atoms. The van der Waals surface area contributed by atoms with Gasteiger partial charge < -0.3 is 10.2 Å². The Hall–Kier alpha value is -1.06. The van der Waals surface area contributed by atoms with Crippen molar-refractivity contribution in [2.45, 2.75) is 13.3 Å². The van der Waals surface area contributed by atoms with Gasteiger partial charge in [-0.1, -0.05) is 29.8 Å². The van der Waals surface area contributed by atoms with Crippen molar-refractivity contribution in [2.24, 2.45) is 0 Å². The topological polar surface area (TPSA) is 32.3 Å². The van der Waals surface area contributed by atoms with Gasteiger partial charge in [-0.15, -0.1) is 12.4 Å². The van der Waals surface area contributed by atoms with Gasteiger partial charge in [0.2, 0.25) is 5.91 Å². The molecule has 1 aromatic rings. The number of nitrogens with zero attached hydrogens (tertiary/aromatic N) is 1. The Labute approximate surface area is 109 Å². The Bertz CT molecular complexity index is 358. The maximum absolute atomic E-state index is 12.0. The number of halogens is 1. The largest absolute Gasteiger partial charge is 0.340 e. The van der Waals surface area contributed by atoms with E-state index in [-0.39, 0.29) is 18.3 Å². The van der Waals surface area contributed by atoms with Gasteiger partial charge in [0.1, 0.15) is 0 Å². The number of hydrogen-bond acceptors (Lipinski definition) is 2. The van der Waals surface area contributed by atoms with Crippen molar-refractivity contribution in [2.75, 3.05) is 26.2 Å². The lowest BCUT2D eigenvalue weighted by Crippen LogP contribution is -2.46. The van der Waals surface area contributed by atoms with Gasteiger partial charge in [0, 0.05) is 26.2 Å². The van der Waals surface area contributed by atoms with Crippen LogP contribution in [0.3, 0.4) is 0 Å². The predicted molar refractivity (Wildman–Crippen MR) is 71.6 cm³/mol. The summed E-state index contributed by atoms with van der Waals surface area (Å²) in [6.07, 6.45) is 0.528. The van der Waals surface area contributed by atoms with Crippen LogP contribution >= 0.6 is 12.4 Å². The van der Waals surface area contributed by atoms with Crippen LogP contribution in [0, 0.1) is 6.92 Å². The van der Waals surface area contributed by atoms with Crippen LogP contribution in [-0.4, -0.2) is 37.0 Å². The van der Waals surface area contributed by atoms with Crippen LogP contribution in [0.1, 0.15) is 11.1 Å². The van der Waals surface area contributed by atoms with Gasteiger partial charge in [0.15, 0.2) is 0 Å². The quantitative estimate of drug-likeness (QED) is 0.865. The first-order chi connectivity index (χ1) is 7.75. The van der Waals surface area contributed by atoms with Crippen LogP contribution in [0.2, 0.25) is 0 Å². The zero-order chi connectivity index (χ0) is 11.4. The van der Waals surface area contributed by atoms with Crippen molar-refractivity contribution in [3.05, 3.63) is 35.4 Å². The zero-order valence-electron chi connectivity index (χ0n) is 10.1. The van der Waals surface area contributed by atoms with Gasteiger partial charge in [-0.25, -0.2) is 0 Å². The molecule has 0 unspecified atom stereocenters. The van der Waals surface area contributed by atoms with Crippen LogP contribution in [0.25, 0.3) is 0 Å². The highest BCUT2D eigenvalue weighted by molar-refractivity contribution is 5.85. The van der Waals surface area contributed by atoms with Crippen LogP contribution < -0.4 is 5.32 Å². The van der Waals surface area contributed by atoms with Crippen molar-refractivity contribution in [1.29, 1.82) is 0 Å². The molecule has 0 radical (unpaired) electrons. The molecule has 4 heteroatoms. The fraction of sp³-hybridized carbons (Fsp3) is 0.462. The van der Waals surface area contributed by atoms with Gasteiger partial charge in [-0.2, -0.15) is 0 Å².